The monoisotopic (exact) mass is 468 g/mol. The number of hydrogen-bond donors (Lipinski definition) is 2. The number of benzene rings is 3. The van der Waals surface area contributed by atoms with Gasteiger partial charge in [0.15, 0.2) is 0 Å². The number of methoxy groups -OCH3 is 1. The minimum absolute atomic E-state index is 0.0856. The van der Waals surface area contributed by atoms with Crippen LogP contribution in [0.5, 0.6) is 5.75 Å². The van der Waals surface area contributed by atoms with Gasteiger partial charge in [-0.3, -0.25) is 9.59 Å². The molecule has 0 atom stereocenters. The molecule has 0 spiro atoms. The fourth-order valence-corrected chi connectivity index (χ4v) is 3.62. The Morgan fingerprint density at radius 1 is 0.829 bits per heavy atom. The maximum absolute atomic E-state index is 12.5. The second kappa shape index (κ2) is 11.2. The van der Waals surface area contributed by atoms with Gasteiger partial charge >= 0.3 is 0 Å². The van der Waals surface area contributed by atoms with Gasteiger partial charge in [0, 0.05) is 24.1 Å². The Hall–Kier alpha value is -4.39. The fourth-order valence-electron chi connectivity index (χ4n) is 3.62. The Bertz CT molecular complexity index is 1280. The van der Waals surface area contributed by atoms with Gasteiger partial charge in [0.2, 0.25) is 5.91 Å². The Balaban J connectivity index is 1.29. The van der Waals surface area contributed by atoms with Crippen molar-refractivity contribution >= 4 is 23.2 Å². The Morgan fingerprint density at radius 3 is 2.06 bits per heavy atom. The number of nitrogens with one attached hydrogen (secondary N) is 2. The van der Waals surface area contributed by atoms with Crippen LogP contribution in [-0.4, -0.2) is 28.5 Å². The molecule has 178 valence electrons. The van der Waals surface area contributed by atoms with Crippen LogP contribution in [0.25, 0.3) is 0 Å². The normalized spacial score (nSPS) is 10.6. The molecule has 0 aliphatic carbocycles. The number of aryl methyl sites for hydroxylation is 1. The lowest BCUT2D eigenvalue weighted by molar-refractivity contribution is -0.115. The third-order valence-corrected chi connectivity index (χ3v) is 5.61. The molecule has 3 aromatic carbocycles. The van der Waals surface area contributed by atoms with E-state index in [-0.39, 0.29) is 18.2 Å². The van der Waals surface area contributed by atoms with E-state index in [9.17, 15) is 9.59 Å². The van der Waals surface area contributed by atoms with E-state index in [2.05, 4.69) is 22.5 Å². The Morgan fingerprint density at radius 2 is 1.43 bits per heavy atom. The van der Waals surface area contributed by atoms with E-state index < -0.39 is 0 Å². The van der Waals surface area contributed by atoms with Crippen molar-refractivity contribution < 1.29 is 14.3 Å². The number of carbonyl (C=O) groups excluding carboxylic acids is 2. The number of hydrogen-bond acceptors (Lipinski definition) is 4. The number of anilines is 2. The maximum atomic E-state index is 12.5. The first-order valence-electron chi connectivity index (χ1n) is 11.5. The molecule has 0 aliphatic heterocycles. The molecule has 1 heterocycles. The molecule has 0 fully saturated rings. The summed E-state index contributed by atoms with van der Waals surface area (Å²) in [6, 6.07) is 22.8. The largest absolute Gasteiger partial charge is 0.497 e. The van der Waals surface area contributed by atoms with Crippen LogP contribution in [0.1, 0.15) is 34.1 Å². The molecule has 0 unspecified atom stereocenters. The highest BCUT2D eigenvalue weighted by Gasteiger charge is 2.10. The maximum Gasteiger partial charge on any atom is 0.275 e. The molecular weight excluding hydrogens is 440 g/mol. The zero-order valence-electron chi connectivity index (χ0n) is 19.8. The third-order valence-electron chi connectivity index (χ3n) is 5.61. The molecule has 35 heavy (non-hydrogen) atoms. The molecule has 2 N–H and O–H groups in total. The number of rotatable bonds is 9. The van der Waals surface area contributed by atoms with E-state index in [1.807, 2.05) is 77.4 Å². The zero-order valence-corrected chi connectivity index (χ0v) is 19.8. The van der Waals surface area contributed by atoms with E-state index in [4.69, 9.17) is 4.74 Å². The second-order valence-electron chi connectivity index (χ2n) is 8.21. The van der Waals surface area contributed by atoms with Gasteiger partial charge < -0.3 is 19.9 Å². The highest BCUT2D eigenvalue weighted by molar-refractivity contribution is 6.02. The van der Waals surface area contributed by atoms with E-state index >= 15 is 0 Å². The molecule has 0 saturated heterocycles. The number of nitrogens with zero attached hydrogens (tertiary/aromatic N) is 2. The van der Waals surface area contributed by atoms with Crippen molar-refractivity contribution in [3.63, 3.8) is 0 Å². The lowest BCUT2D eigenvalue weighted by Gasteiger charge is -2.08. The molecule has 0 radical (unpaired) electrons. The van der Waals surface area contributed by atoms with Crippen LogP contribution in [0.3, 0.4) is 0 Å². The number of aromatic nitrogens is 2. The van der Waals surface area contributed by atoms with Gasteiger partial charge in [-0.15, -0.1) is 0 Å². The lowest BCUT2D eigenvalue weighted by atomic mass is 10.1. The van der Waals surface area contributed by atoms with E-state index in [0.29, 0.717) is 12.2 Å². The van der Waals surface area contributed by atoms with Crippen molar-refractivity contribution in [2.24, 2.45) is 0 Å². The van der Waals surface area contributed by atoms with Gasteiger partial charge in [-0.05, 0) is 59.5 Å². The lowest BCUT2D eigenvalue weighted by Crippen LogP contribution is -2.14. The van der Waals surface area contributed by atoms with Crippen LogP contribution < -0.4 is 15.4 Å². The predicted octanol–water partition coefficient (Wildman–Crippen LogP) is 4.94. The molecule has 1 aromatic heterocycles. The standard InChI is InChI=1S/C28H28N4O3/c1-3-20-4-10-24(11-5-20)31-28(34)26-18-32(19-29-26)17-22-6-12-23(13-7-22)30-27(33)16-21-8-14-25(35-2)15-9-21/h4-15,18-19H,3,16-17H2,1-2H3,(H,30,33)(H,31,34). The van der Waals surface area contributed by atoms with Crippen molar-refractivity contribution in [1.29, 1.82) is 0 Å². The average molecular weight is 469 g/mol. The van der Waals surface area contributed by atoms with Crippen LogP contribution in [0.15, 0.2) is 85.3 Å². The highest BCUT2D eigenvalue weighted by atomic mass is 16.5. The van der Waals surface area contributed by atoms with Crippen LogP contribution in [-0.2, 0) is 24.2 Å². The third kappa shape index (κ3) is 6.57. The minimum Gasteiger partial charge on any atom is -0.497 e. The summed E-state index contributed by atoms with van der Waals surface area (Å²) < 4.78 is 7.00. The first-order chi connectivity index (χ1) is 17.0. The molecule has 0 saturated carbocycles. The number of ether oxygens (including phenoxy) is 1. The summed E-state index contributed by atoms with van der Waals surface area (Å²) in [6.45, 7) is 2.65. The zero-order chi connectivity index (χ0) is 24.6. The highest BCUT2D eigenvalue weighted by Crippen LogP contribution is 2.15. The second-order valence-corrected chi connectivity index (χ2v) is 8.21. The van der Waals surface area contributed by atoms with Gasteiger partial charge in [-0.25, -0.2) is 4.98 Å². The van der Waals surface area contributed by atoms with Crippen LogP contribution in [0, 0.1) is 0 Å². The summed E-state index contributed by atoms with van der Waals surface area (Å²) >= 11 is 0. The van der Waals surface area contributed by atoms with E-state index in [1.165, 1.54) is 5.56 Å². The summed E-state index contributed by atoms with van der Waals surface area (Å²) in [5.41, 5.74) is 4.98. The molecule has 0 aliphatic rings. The number of carbonyl (C=O) groups is 2. The molecule has 4 rings (SSSR count). The molecule has 7 heteroatoms. The summed E-state index contributed by atoms with van der Waals surface area (Å²) in [7, 11) is 1.61. The summed E-state index contributed by atoms with van der Waals surface area (Å²) in [5.74, 6) is 0.428. The molecule has 7 nitrogen and oxygen atoms in total. The Labute approximate surface area is 204 Å². The quantitative estimate of drug-likeness (QED) is 0.365. The summed E-state index contributed by atoms with van der Waals surface area (Å²) in [5, 5.41) is 5.79. The molecular formula is C28H28N4O3. The summed E-state index contributed by atoms with van der Waals surface area (Å²) in [6.07, 6.45) is 4.60. The van der Waals surface area contributed by atoms with Crippen LogP contribution in [0.4, 0.5) is 11.4 Å². The van der Waals surface area contributed by atoms with Gasteiger partial charge in [-0.1, -0.05) is 43.3 Å². The molecule has 2 amide bonds. The van der Waals surface area contributed by atoms with Gasteiger partial charge in [0.05, 0.1) is 19.9 Å². The van der Waals surface area contributed by atoms with Crippen molar-refractivity contribution in [1.82, 2.24) is 9.55 Å². The molecule has 0 bridgehead atoms. The summed E-state index contributed by atoms with van der Waals surface area (Å²) in [4.78, 5) is 29.1. The molecule has 4 aromatic rings. The number of imidazole rings is 1. The smallest absolute Gasteiger partial charge is 0.275 e. The van der Waals surface area contributed by atoms with E-state index in [1.54, 1.807) is 19.6 Å². The van der Waals surface area contributed by atoms with Crippen molar-refractivity contribution in [3.8, 4) is 5.75 Å². The van der Waals surface area contributed by atoms with Crippen LogP contribution >= 0.6 is 0 Å². The van der Waals surface area contributed by atoms with E-state index in [0.717, 1.165) is 34.7 Å². The van der Waals surface area contributed by atoms with Gasteiger partial charge in [0.1, 0.15) is 11.4 Å². The SMILES string of the molecule is CCc1ccc(NC(=O)c2cn(Cc3ccc(NC(=O)Cc4ccc(OC)cc4)cc3)cn2)cc1. The van der Waals surface area contributed by atoms with Crippen molar-refractivity contribution in [2.45, 2.75) is 26.3 Å². The topological polar surface area (TPSA) is 85.2 Å². The van der Waals surface area contributed by atoms with Gasteiger partial charge in [-0.2, -0.15) is 0 Å². The van der Waals surface area contributed by atoms with Crippen LogP contribution in [0.2, 0.25) is 0 Å². The Kier molecular flexibility index (Phi) is 7.57. The van der Waals surface area contributed by atoms with Crippen molar-refractivity contribution in [2.75, 3.05) is 17.7 Å². The van der Waals surface area contributed by atoms with Gasteiger partial charge in [0.25, 0.3) is 5.91 Å². The average Bonchev–Trinajstić information content (AvgIpc) is 3.35. The first kappa shape index (κ1) is 23.8. The minimum atomic E-state index is -0.247. The predicted molar refractivity (Wildman–Crippen MR) is 137 cm³/mol. The first-order valence-corrected chi connectivity index (χ1v) is 11.5. The van der Waals surface area contributed by atoms with Crippen molar-refractivity contribution in [3.05, 3.63) is 108 Å². The fraction of sp³-hybridized carbons (Fsp3) is 0.179. The number of amides is 2.